The molecule has 3 aliphatic rings. The van der Waals surface area contributed by atoms with Crippen LogP contribution in [0.2, 0.25) is 0 Å². The van der Waals surface area contributed by atoms with Gasteiger partial charge in [-0.2, -0.15) is 0 Å². The van der Waals surface area contributed by atoms with E-state index in [4.69, 9.17) is 0 Å². The predicted octanol–water partition coefficient (Wildman–Crippen LogP) is 3.01. The van der Waals surface area contributed by atoms with E-state index in [0.29, 0.717) is 18.2 Å². The van der Waals surface area contributed by atoms with E-state index in [9.17, 15) is 13.2 Å². The van der Waals surface area contributed by atoms with E-state index in [1.54, 1.807) is 12.1 Å². The first-order chi connectivity index (χ1) is 17.8. The van der Waals surface area contributed by atoms with Crippen molar-refractivity contribution in [1.82, 2.24) is 10.2 Å². The quantitative estimate of drug-likeness (QED) is 0.521. The Morgan fingerprint density at radius 3 is 2.68 bits per heavy atom. The summed E-state index contributed by atoms with van der Waals surface area (Å²) >= 11 is 1.49. The Morgan fingerprint density at radius 1 is 1.14 bits per heavy atom. The number of rotatable bonds is 7. The van der Waals surface area contributed by atoms with Crippen molar-refractivity contribution in [3.05, 3.63) is 59.7 Å². The van der Waals surface area contributed by atoms with Gasteiger partial charge in [-0.1, -0.05) is 23.9 Å². The van der Waals surface area contributed by atoms with Gasteiger partial charge in [0.2, 0.25) is 0 Å². The van der Waals surface area contributed by atoms with Gasteiger partial charge in [-0.05, 0) is 68.8 Å². The third-order valence-corrected chi connectivity index (χ3v) is 10.3. The fourth-order valence-electron chi connectivity index (χ4n) is 5.28. The minimum absolute atomic E-state index is 0.0118. The topological polar surface area (TPSA) is 94.1 Å². The summed E-state index contributed by atoms with van der Waals surface area (Å²) in [5.74, 6) is 0.257. The van der Waals surface area contributed by atoms with Crippen LogP contribution < -0.4 is 15.5 Å². The third kappa shape index (κ3) is 6.48. The lowest BCUT2D eigenvalue weighted by Crippen LogP contribution is -2.52. The number of amidine groups is 1. The molecule has 2 fully saturated rings. The number of hydrogen-bond acceptors (Lipinski definition) is 8. The molecule has 0 bridgehead atoms. The lowest BCUT2D eigenvalue weighted by Gasteiger charge is -2.41. The van der Waals surface area contributed by atoms with Crippen molar-refractivity contribution in [2.24, 2.45) is 4.99 Å². The molecule has 2 aromatic rings. The molecule has 3 heterocycles. The van der Waals surface area contributed by atoms with E-state index in [1.165, 1.54) is 23.0 Å². The molecule has 0 unspecified atom stereocenters. The second-order valence-electron chi connectivity index (χ2n) is 10.2. The van der Waals surface area contributed by atoms with Gasteiger partial charge in [-0.3, -0.25) is 14.7 Å². The molecule has 5 rings (SSSR count). The molecule has 10 heteroatoms. The number of piperazine rings is 1. The fourth-order valence-corrected chi connectivity index (χ4v) is 8.95. The molecule has 0 aromatic heterocycles. The SMILES string of the molecule is Cc1cccc(N2CCN(CCCNC(=O)c3ccc(NC4=N[C@@H]5CS(=O)(=O)C[C@H]5S4)cc3)C[C@H]2C)c1. The zero-order valence-corrected chi connectivity index (χ0v) is 23.0. The average molecular weight is 542 g/mol. The summed E-state index contributed by atoms with van der Waals surface area (Å²) < 4.78 is 23.4. The molecule has 2 saturated heterocycles. The van der Waals surface area contributed by atoms with Gasteiger partial charge in [0.1, 0.15) is 0 Å². The maximum absolute atomic E-state index is 12.6. The summed E-state index contributed by atoms with van der Waals surface area (Å²) in [5.41, 5.74) is 4.05. The average Bonchev–Trinajstić information content (AvgIpc) is 3.34. The number of aliphatic imine (C=N–C) groups is 1. The number of amides is 1. The van der Waals surface area contributed by atoms with Gasteiger partial charge in [0.15, 0.2) is 15.0 Å². The molecular formula is C27H35N5O3S2. The minimum Gasteiger partial charge on any atom is -0.366 e. The third-order valence-electron chi connectivity index (χ3n) is 7.20. The second kappa shape index (κ2) is 11.0. The Labute approximate surface area is 223 Å². The highest BCUT2D eigenvalue weighted by Crippen LogP contribution is 2.34. The van der Waals surface area contributed by atoms with Crippen LogP contribution in [-0.4, -0.2) is 86.0 Å². The normalized spacial score (nSPS) is 25.0. The van der Waals surface area contributed by atoms with E-state index in [2.05, 4.69) is 63.5 Å². The van der Waals surface area contributed by atoms with E-state index < -0.39 is 9.84 Å². The molecule has 2 aromatic carbocycles. The number of fused-ring (bicyclic) bond motifs is 1. The van der Waals surface area contributed by atoms with Crippen LogP contribution in [0.25, 0.3) is 0 Å². The van der Waals surface area contributed by atoms with Crippen molar-refractivity contribution in [3.8, 4) is 0 Å². The van der Waals surface area contributed by atoms with E-state index >= 15 is 0 Å². The van der Waals surface area contributed by atoms with Gasteiger partial charge in [0.05, 0.1) is 17.5 Å². The lowest BCUT2D eigenvalue weighted by atomic mass is 10.1. The largest absolute Gasteiger partial charge is 0.366 e. The first-order valence-electron chi connectivity index (χ1n) is 12.9. The number of benzene rings is 2. The summed E-state index contributed by atoms with van der Waals surface area (Å²) in [6, 6.07) is 16.3. The first-order valence-corrected chi connectivity index (χ1v) is 15.6. The predicted molar refractivity (Wildman–Crippen MR) is 153 cm³/mol. The highest BCUT2D eigenvalue weighted by molar-refractivity contribution is 8.15. The number of carbonyl (C=O) groups is 1. The van der Waals surface area contributed by atoms with Crippen LogP contribution in [0.3, 0.4) is 0 Å². The highest BCUT2D eigenvalue weighted by atomic mass is 32.2. The number of hydrogen-bond donors (Lipinski definition) is 2. The van der Waals surface area contributed by atoms with Crippen LogP contribution in [0.1, 0.15) is 29.3 Å². The Bertz CT molecular complexity index is 1270. The van der Waals surface area contributed by atoms with Crippen LogP contribution in [0.15, 0.2) is 53.5 Å². The molecule has 0 aliphatic carbocycles. The van der Waals surface area contributed by atoms with Crippen molar-refractivity contribution >= 4 is 44.0 Å². The van der Waals surface area contributed by atoms with Gasteiger partial charge in [0.25, 0.3) is 5.91 Å². The van der Waals surface area contributed by atoms with Crippen LogP contribution in [0.4, 0.5) is 11.4 Å². The summed E-state index contributed by atoms with van der Waals surface area (Å²) in [5, 5.41) is 7.04. The smallest absolute Gasteiger partial charge is 0.251 e. The standard InChI is InChI=1S/C27H35N5O3S2/c1-19-5-3-6-23(15-19)32-14-13-31(16-20(32)2)12-4-11-28-26(33)21-7-9-22(10-8-21)29-27-30-24-17-37(34,35)18-25(24)36-27/h3,5-10,15,20,24-25H,4,11-14,16-18H2,1-2H3,(H,28,33)(H,29,30)/t20-,24-,25-/m1/s1. The van der Waals surface area contributed by atoms with Crippen molar-refractivity contribution < 1.29 is 13.2 Å². The number of aryl methyl sites for hydroxylation is 1. The van der Waals surface area contributed by atoms with Gasteiger partial charge in [-0.25, -0.2) is 8.42 Å². The van der Waals surface area contributed by atoms with Gasteiger partial charge >= 0.3 is 0 Å². The van der Waals surface area contributed by atoms with Crippen LogP contribution in [0, 0.1) is 6.92 Å². The fraction of sp³-hybridized carbons (Fsp3) is 0.481. The van der Waals surface area contributed by atoms with Crippen molar-refractivity contribution in [2.45, 2.75) is 37.6 Å². The number of nitrogens with one attached hydrogen (secondary N) is 2. The second-order valence-corrected chi connectivity index (χ2v) is 13.6. The Morgan fingerprint density at radius 2 is 1.95 bits per heavy atom. The molecule has 0 saturated carbocycles. The van der Waals surface area contributed by atoms with Crippen molar-refractivity contribution in [2.75, 3.05) is 54.4 Å². The molecule has 3 aliphatic heterocycles. The van der Waals surface area contributed by atoms with Crippen molar-refractivity contribution in [1.29, 1.82) is 0 Å². The zero-order chi connectivity index (χ0) is 26.0. The number of anilines is 2. The maximum atomic E-state index is 12.6. The molecule has 8 nitrogen and oxygen atoms in total. The van der Waals surface area contributed by atoms with Crippen LogP contribution in [0.5, 0.6) is 0 Å². The Balaban J connectivity index is 1.02. The Kier molecular flexibility index (Phi) is 7.78. The molecule has 3 atom stereocenters. The number of carbonyl (C=O) groups excluding carboxylic acids is 1. The Hall–Kier alpha value is -2.56. The van der Waals surface area contributed by atoms with Gasteiger partial charge < -0.3 is 15.5 Å². The molecule has 198 valence electrons. The molecular weight excluding hydrogens is 506 g/mol. The van der Waals surface area contributed by atoms with E-state index in [0.717, 1.165) is 43.5 Å². The summed E-state index contributed by atoms with van der Waals surface area (Å²) in [6.45, 7) is 9.10. The molecule has 0 radical (unpaired) electrons. The monoisotopic (exact) mass is 541 g/mol. The van der Waals surface area contributed by atoms with E-state index in [-0.39, 0.29) is 28.7 Å². The lowest BCUT2D eigenvalue weighted by molar-refractivity contribution is 0.0951. The maximum Gasteiger partial charge on any atom is 0.251 e. The molecule has 37 heavy (non-hydrogen) atoms. The van der Waals surface area contributed by atoms with Crippen LogP contribution in [-0.2, 0) is 9.84 Å². The number of nitrogens with zero attached hydrogens (tertiary/aromatic N) is 3. The van der Waals surface area contributed by atoms with Crippen molar-refractivity contribution in [3.63, 3.8) is 0 Å². The van der Waals surface area contributed by atoms with Crippen LogP contribution >= 0.6 is 11.8 Å². The van der Waals surface area contributed by atoms with Gasteiger partial charge in [0, 0.05) is 54.4 Å². The number of sulfone groups is 1. The number of thioether (sulfide) groups is 1. The first kappa shape index (κ1) is 26.1. The van der Waals surface area contributed by atoms with Gasteiger partial charge in [-0.15, -0.1) is 0 Å². The summed E-state index contributed by atoms with van der Waals surface area (Å²) in [6.07, 6.45) is 0.914. The molecule has 2 N–H and O–H groups in total. The summed E-state index contributed by atoms with van der Waals surface area (Å²) in [4.78, 5) is 22.1. The minimum atomic E-state index is -2.95. The van der Waals surface area contributed by atoms with E-state index in [1.807, 2.05) is 12.1 Å². The molecule has 0 spiro atoms. The summed E-state index contributed by atoms with van der Waals surface area (Å²) in [7, 11) is -2.95. The molecule has 1 amide bonds. The zero-order valence-electron chi connectivity index (χ0n) is 21.4. The highest BCUT2D eigenvalue weighted by Gasteiger charge is 2.42.